The van der Waals surface area contributed by atoms with Gasteiger partial charge >= 0.3 is 0 Å². The highest BCUT2D eigenvalue weighted by molar-refractivity contribution is 5.57. The standard InChI is InChI=1S/C14H18N2/c1-16-7-10-5-12(15)4-9-2-3-11-6-14(11,8-16)13(9)10/h4-5,11H,2-3,6-8,15H2,1H3. The van der Waals surface area contributed by atoms with Crippen LogP contribution in [0.4, 0.5) is 5.69 Å². The van der Waals surface area contributed by atoms with Crippen molar-refractivity contribution in [3.8, 4) is 0 Å². The number of aryl methyl sites for hydroxylation is 1. The summed E-state index contributed by atoms with van der Waals surface area (Å²) in [6.07, 6.45) is 4.05. The molecule has 1 heterocycles. The molecule has 2 unspecified atom stereocenters. The Balaban J connectivity index is 1.99. The van der Waals surface area contributed by atoms with Crippen LogP contribution in [-0.2, 0) is 18.4 Å². The Bertz CT molecular complexity index is 480. The van der Waals surface area contributed by atoms with E-state index in [-0.39, 0.29) is 0 Å². The van der Waals surface area contributed by atoms with Crippen molar-refractivity contribution in [2.75, 3.05) is 19.3 Å². The van der Waals surface area contributed by atoms with E-state index in [1.165, 1.54) is 31.4 Å². The lowest BCUT2D eigenvalue weighted by molar-refractivity contribution is 0.254. The van der Waals surface area contributed by atoms with Gasteiger partial charge in [0, 0.05) is 24.2 Å². The van der Waals surface area contributed by atoms with E-state index in [1.54, 1.807) is 11.1 Å². The number of nitrogens with two attached hydrogens (primary N) is 1. The molecule has 1 saturated carbocycles. The lowest BCUT2D eigenvalue weighted by atomic mass is 9.76. The van der Waals surface area contributed by atoms with Crippen molar-refractivity contribution in [3.63, 3.8) is 0 Å². The number of hydrogen-bond donors (Lipinski definition) is 1. The fourth-order valence-electron chi connectivity index (χ4n) is 4.25. The summed E-state index contributed by atoms with van der Waals surface area (Å²) in [7, 11) is 2.24. The Hall–Kier alpha value is -1.02. The number of benzene rings is 1. The van der Waals surface area contributed by atoms with Crippen LogP contribution >= 0.6 is 0 Å². The molecular formula is C14H18N2. The van der Waals surface area contributed by atoms with Gasteiger partial charge in [0.1, 0.15) is 0 Å². The molecule has 2 heteroatoms. The van der Waals surface area contributed by atoms with E-state index >= 15 is 0 Å². The molecule has 1 fully saturated rings. The van der Waals surface area contributed by atoms with Gasteiger partial charge in [-0.15, -0.1) is 0 Å². The van der Waals surface area contributed by atoms with Crippen molar-refractivity contribution in [3.05, 3.63) is 28.8 Å². The second-order valence-electron chi connectivity index (χ2n) is 5.98. The summed E-state index contributed by atoms with van der Waals surface area (Å²) < 4.78 is 0. The summed E-state index contributed by atoms with van der Waals surface area (Å²) in [6, 6.07) is 4.43. The first-order chi connectivity index (χ1) is 7.69. The van der Waals surface area contributed by atoms with Gasteiger partial charge in [0.25, 0.3) is 0 Å². The molecule has 4 rings (SSSR count). The zero-order valence-corrected chi connectivity index (χ0v) is 9.79. The summed E-state index contributed by atoms with van der Waals surface area (Å²) in [5.41, 5.74) is 12.2. The molecule has 2 nitrogen and oxygen atoms in total. The Kier molecular flexibility index (Phi) is 1.48. The van der Waals surface area contributed by atoms with Gasteiger partial charge in [0.15, 0.2) is 0 Å². The smallest absolute Gasteiger partial charge is 0.0320 e. The summed E-state index contributed by atoms with van der Waals surface area (Å²) in [5, 5.41) is 0. The largest absolute Gasteiger partial charge is 0.399 e. The number of nitrogen functional groups attached to an aromatic ring is 1. The third kappa shape index (κ3) is 0.963. The second kappa shape index (κ2) is 2.62. The van der Waals surface area contributed by atoms with E-state index in [9.17, 15) is 0 Å². The predicted octanol–water partition coefficient (Wildman–Crippen LogP) is 1.92. The SMILES string of the molecule is CN1Cc2cc(N)cc3c2C2(CC2CC3)C1. The minimum atomic E-state index is 0.531. The van der Waals surface area contributed by atoms with Gasteiger partial charge in [0.05, 0.1) is 0 Å². The first-order valence-corrected chi connectivity index (χ1v) is 6.29. The molecule has 2 aliphatic carbocycles. The maximum Gasteiger partial charge on any atom is 0.0320 e. The van der Waals surface area contributed by atoms with E-state index in [0.29, 0.717) is 5.41 Å². The third-order valence-electron chi connectivity index (χ3n) is 4.81. The molecule has 0 radical (unpaired) electrons. The Morgan fingerprint density at radius 2 is 2.19 bits per heavy atom. The van der Waals surface area contributed by atoms with E-state index in [1.807, 2.05) is 0 Å². The number of anilines is 1. The van der Waals surface area contributed by atoms with Crippen molar-refractivity contribution in [1.29, 1.82) is 0 Å². The molecular weight excluding hydrogens is 196 g/mol. The van der Waals surface area contributed by atoms with E-state index in [0.717, 1.165) is 18.2 Å². The highest BCUT2D eigenvalue weighted by Gasteiger charge is 2.59. The molecule has 1 aromatic carbocycles. The van der Waals surface area contributed by atoms with Gasteiger partial charge in [-0.3, -0.25) is 0 Å². The van der Waals surface area contributed by atoms with Gasteiger partial charge in [0.2, 0.25) is 0 Å². The molecule has 0 bridgehead atoms. The normalized spacial score (nSPS) is 35.4. The molecule has 3 aliphatic rings. The van der Waals surface area contributed by atoms with Crippen LogP contribution in [0.3, 0.4) is 0 Å². The molecule has 2 N–H and O–H groups in total. The monoisotopic (exact) mass is 214 g/mol. The van der Waals surface area contributed by atoms with Crippen LogP contribution < -0.4 is 5.73 Å². The average molecular weight is 214 g/mol. The zero-order valence-electron chi connectivity index (χ0n) is 9.79. The molecule has 1 spiro atoms. The van der Waals surface area contributed by atoms with Crippen LogP contribution in [0.2, 0.25) is 0 Å². The van der Waals surface area contributed by atoms with E-state index in [4.69, 9.17) is 5.73 Å². The van der Waals surface area contributed by atoms with Gasteiger partial charge in [-0.1, -0.05) is 0 Å². The molecule has 0 amide bonds. The van der Waals surface area contributed by atoms with Crippen LogP contribution in [-0.4, -0.2) is 18.5 Å². The Morgan fingerprint density at radius 3 is 3.06 bits per heavy atom. The van der Waals surface area contributed by atoms with Crippen molar-refractivity contribution < 1.29 is 0 Å². The topological polar surface area (TPSA) is 29.3 Å². The summed E-state index contributed by atoms with van der Waals surface area (Å²) in [6.45, 7) is 2.35. The fourth-order valence-corrected chi connectivity index (χ4v) is 4.25. The highest BCUT2D eigenvalue weighted by atomic mass is 15.1. The first kappa shape index (κ1) is 9.06. The maximum absolute atomic E-state index is 6.01. The molecule has 0 aromatic heterocycles. The molecule has 2 atom stereocenters. The van der Waals surface area contributed by atoms with Crippen LogP contribution in [0.1, 0.15) is 29.5 Å². The highest BCUT2D eigenvalue weighted by Crippen LogP contribution is 2.62. The quantitative estimate of drug-likeness (QED) is 0.669. The van der Waals surface area contributed by atoms with Crippen LogP contribution in [0, 0.1) is 5.92 Å². The van der Waals surface area contributed by atoms with E-state index < -0.39 is 0 Å². The van der Waals surface area contributed by atoms with Crippen molar-refractivity contribution in [1.82, 2.24) is 4.90 Å². The van der Waals surface area contributed by atoms with Gasteiger partial charge in [-0.2, -0.15) is 0 Å². The molecule has 0 saturated heterocycles. The Morgan fingerprint density at radius 1 is 1.38 bits per heavy atom. The number of hydrogen-bond acceptors (Lipinski definition) is 2. The van der Waals surface area contributed by atoms with Crippen molar-refractivity contribution in [2.45, 2.75) is 31.2 Å². The number of likely N-dealkylation sites (N-methyl/N-ethyl adjacent to an activating group) is 1. The second-order valence-corrected chi connectivity index (χ2v) is 5.98. The predicted molar refractivity (Wildman–Crippen MR) is 65.3 cm³/mol. The molecule has 1 aliphatic heterocycles. The zero-order chi connectivity index (χ0) is 10.9. The van der Waals surface area contributed by atoms with Crippen LogP contribution in [0.25, 0.3) is 0 Å². The molecule has 84 valence electrons. The summed E-state index contributed by atoms with van der Waals surface area (Å²) in [4.78, 5) is 2.47. The van der Waals surface area contributed by atoms with Crippen molar-refractivity contribution in [2.24, 2.45) is 5.92 Å². The third-order valence-corrected chi connectivity index (χ3v) is 4.81. The fraction of sp³-hybridized carbons (Fsp3) is 0.571. The molecule has 16 heavy (non-hydrogen) atoms. The van der Waals surface area contributed by atoms with Gasteiger partial charge < -0.3 is 10.6 Å². The summed E-state index contributed by atoms with van der Waals surface area (Å²) in [5.74, 6) is 0.963. The van der Waals surface area contributed by atoms with Gasteiger partial charge in [-0.25, -0.2) is 0 Å². The maximum atomic E-state index is 6.01. The lowest BCUT2D eigenvalue weighted by Crippen LogP contribution is -2.38. The first-order valence-electron chi connectivity index (χ1n) is 6.29. The number of rotatable bonds is 0. The minimum Gasteiger partial charge on any atom is -0.399 e. The van der Waals surface area contributed by atoms with Crippen LogP contribution in [0.15, 0.2) is 12.1 Å². The molecule has 1 aromatic rings. The lowest BCUT2D eigenvalue weighted by Gasteiger charge is -2.37. The minimum absolute atomic E-state index is 0.531. The average Bonchev–Trinajstić information content (AvgIpc) is 2.88. The number of nitrogens with zero attached hydrogens (tertiary/aromatic N) is 1. The Labute approximate surface area is 96.4 Å². The van der Waals surface area contributed by atoms with E-state index in [2.05, 4.69) is 24.1 Å². The van der Waals surface area contributed by atoms with Crippen LogP contribution in [0.5, 0.6) is 0 Å². The summed E-state index contributed by atoms with van der Waals surface area (Å²) >= 11 is 0. The van der Waals surface area contributed by atoms with Crippen molar-refractivity contribution >= 4 is 5.69 Å². The van der Waals surface area contributed by atoms with Gasteiger partial charge in [-0.05, 0) is 61.1 Å².